The summed E-state index contributed by atoms with van der Waals surface area (Å²) in [6, 6.07) is 3.31. The number of thiophene rings is 1. The van der Waals surface area contributed by atoms with E-state index in [1.165, 1.54) is 11.3 Å². The van der Waals surface area contributed by atoms with Crippen LogP contribution in [0.1, 0.15) is 13.3 Å². The van der Waals surface area contributed by atoms with E-state index in [4.69, 9.17) is 4.74 Å². The van der Waals surface area contributed by atoms with Gasteiger partial charge < -0.3 is 4.74 Å². The predicted molar refractivity (Wildman–Crippen MR) is 60.6 cm³/mol. The molecule has 0 aliphatic carbocycles. The Hall–Kier alpha value is -0.430. The summed E-state index contributed by atoms with van der Waals surface area (Å²) in [6.07, 6.45) is 0.693. The van der Waals surface area contributed by atoms with Crippen molar-refractivity contribution in [1.82, 2.24) is 4.72 Å². The molecule has 0 aliphatic heterocycles. The van der Waals surface area contributed by atoms with Crippen LogP contribution in [0.3, 0.4) is 0 Å². The van der Waals surface area contributed by atoms with Gasteiger partial charge in [-0.15, -0.1) is 11.3 Å². The number of hydrogen-bond donors (Lipinski definition) is 1. The summed E-state index contributed by atoms with van der Waals surface area (Å²) in [5.41, 5.74) is 0. The van der Waals surface area contributed by atoms with Gasteiger partial charge in [0.1, 0.15) is 4.21 Å². The third-order valence-electron chi connectivity index (χ3n) is 1.72. The molecule has 0 saturated heterocycles. The monoisotopic (exact) mass is 249 g/mol. The third kappa shape index (κ3) is 4.29. The van der Waals surface area contributed by atoms with Crippen LogP contribution in [0.5, 0.6) is 0 Å². The highest BCUT2D eigenvalue weighted by Gasteiger charge is 2.13. The highest BCUT2D eigenvalue weighted by Crippen LogP contribution is 2.14. The van der Waals surface area contributed by atoms with E-state index < -0.39 is 10.0 Å². The largest absolute Gasteiger partial charge is 0.382 e. The highest BCUT2D eigenvalue weighted by atomic mass is 32.2. The van der Waals surface area contributed by atoms with Crippen molar-refractivity contribution in [3.05, 3.63) is 17.5 Å². The van der Waals surface area contributed by atoms with Gasteiger partial charge in [-0.3, -0.25) is 0 Å². The maximum absolute atomic E-state index is 11.6. The van der Waals surface area contributed by atoms with Gasteiger partial charge in [-0.2, -0.15) is 0 Å². The second-order valence-electron chi connectivity index (χ2n) is 2.88. The van der Waals surface area contributed by atoms with Crippen molar-refractivity contribution in [2.24, 2.45) is 0 Å². The van der Waals surface area contributed by atoms with E-state index in [1.54, 1.807) is 17.5 Å². The first-order chi connectivity index (χ1) is 7.17. The van der Waals surface area contributed by atoms with E-state index in [9.17, 15) is 8.42 Å². The fraction of sp³-hybridized carbons (Fsp3) is 0.556. The fourth-order valence-corrected chi connectivity index (χ4v) is 3.12. The van der Waals surface area contributed by atoms with Crippen LogP contribution in [0.25, 0.3) is 0 Å². The molecule has 0 aromatic carbocycles. The smallest absolute Gasteiger partial charge is 0.250 e. The van der Waals surface area contributed by atoms with Gasteiger partial charge in [-0.05, 0) is 24.8 Å². The molecule has 1 aromatic rings. The topological polar surface area (TPSA) is 55.4 Å². The first kappa shape index (κ1) is 12.6. The van der Waals surface area contributed by atoms with Crippen LogP contribution in [0.15, 0.2) is 21.7 Å². The fourth-order valence-electron chi connectivity index (χ4n) is 1.01. The minimum atomic E-state index is -3.29. The lowest BCUT2D eigenvalue weighted by atomic mass is 10.5. The minimum Gasteiger partial charge on any atom is -0.382 e. The molecule has 1 rings (SSSR count). The quantitative estimate of drug-likeness (QED) is 0.744. The zero-order chi connectivity index (χ0) is 11.1. The molecule has 6 heteroatoms. The molecule has 15 heavy (non-hydrogen) atoms. The lowest BCUT2D eigenvalue weighted by Gasteiger charge is -2.04. The second-order valence-corrected chi connectivity index (χ2v) is 5.82. The molecule has 0 fully saturated rings. The SMILES string of the molecule is CCOCCCNS(=O)(=O)c1cccs1. The first-order valence-corrected chi connectivity index (χ1v) is 7.14. The van der Waals surface area contributed by atoms with Crippen LogP contribution in [-0.4, -0.2) is 28.2 Å². The zero-order valence-corrected chi connectivity index (χ0v) is 10.2. The van der Waals surface area contributed by atoms with Gasteiger partial charge in [0.2, 0.25) is 10.0 Å². The van der Waals surface area contributed by atoms with Crippen molar-refractivity contribution in [3.8, 4) is 0 Å². The average molecular weight is 249 g/mol. The zero-order valence-electron chi connectivity index (χ0n) is 8.60. The van der Waals surface area contributed by atoms with Gasteiger partial charge in [0.25, 0.3) is 0 Å². The summed E-state index contributed by atoms with van der Waals surface area (Å²) < 4.78 is 31.2. The molecule has 1 heterocycles. The van der Waals surface area contributed by atoms with Crippen LogP contribution in [0.4, 0.5) is 0 Å². The summed E-state index contributed by atoms with van der Waals surface area (Å²) in [5, 5.41) is 1.74. The van der Waals surface area contributed by atoms with E-state index in [0.717, 1.165) is 0 Å². The van der Waals surface area contributed by atoms with Gasteiger partial charge in [0, 0.05) is 19.8 Å². The second kappa shape index (κ2) is 6.22. The Kier molecular flexibility index (Phi) is 5.24. The summed E-state index contributed by atoms with van der Waals surface area (Å²) in [4.78, 5) is 0. The van der Waals surface area contributed by atoms with E-state index in [1.807, 2.05) is 6.92 Å². The molecule has 0 unspecified atom stereocenters. The van der Waals surface area contributed by atoms with Crippen molar-refractivity contribution >= 4 is 21.4 Å². The lowest BCUT2D eigenvalue weighted by Crippen LogP contribution is -2.24. The molecule has 1 N–H and O–H groups in total. The number of hydrogen-bond acceptors (Lipinski definition) is 4. The third-order valence-corrected chi connectivity index (χ3v) is 4.58. The number of rotatable bonds is 7. The van der Waals surface area contributed by atoms with Crippen LogP contribution in [-0.2, 0) is 14.8 Å². The van der Waals surface area contributed by atoms with Crippen LogP contribution >= 0.6 is 11.3 Å². The van der Waals surface area contributed by atoms with E-state index in [-0.39, 0.29) is 0 Å². The van der Waals surface area contributed by atoms with Gasteiger partial charge in [0.05, 0.1) is 0 Å². The van der Waals surface area contributed by atoms with Crippen molar-refractivity contribution in [3.63, 3.8) is 0 Å². The highest BCUT2D eigenvalue weighted by molar-refractivity contribution is 7.91. The number of sulfonamides is 1. The summed E-state index contributed by atoms with van der Waals surface area (Å²) in [7, 11) is -3.29. The normalized spacial score (nSPS) is 11.8. The molecule has 0 amide bonds. The Bertz CT molecular complexity index is 359. The maximum Gasteiger partial charge on any atom is 0.250 e. The Morgan fingerprint density at radius 1 is 1.53 bits per heavy atom. The van der Waals surface area contributed by atoms with Crippen molar-refractivity contribution in [2.45, 2.75) is 17.6 Å². The molecule has 0 atom stereocenters. The van der Waals surface area contributed by atoms with Gasteiger partial charge in [0.15, 0.2) is 0 Å². The molecular formula is C9H15NO3S2. The molecule has 86 valence electrons. The summed E-state index contributed by atoms with van der Waals surface area (Å²) in [5.74, 6) is 0. The Labute approximate surface area is 94.3 Å². The van der Waals surface area contributed by atoms with E-state index in [2.05, 4.69) is 4.72 Å². The predicted octanol–water partition coefficient (Wildman–Crippen LogP) is 1.45. The standard InChI is InChI=1S/C9H15NO3S2/c1-2-13-7-4-6-10-15(11,12)9-5-3-8-14-9/h3,5,8,10H,2,4,6-7H2,1H3. The van der Waals surface area contributed by atoms with Crippen LogP contribution in [0.2, 0.25) is 0 Å². The van der Waals surface area contributed by atoms with E-state index >= 15 is 0 Å². The molecule has 0 spiro atoms. The average Bonchev–Trinajstić information content (AvgIpc) is 2.70. The number of nitrogens with one attached hydrogen (secondary N) is 1. The lowest BCUT2D eigenvalue weighted by molar-refractivity contribution is 0.146. The molecule has 1 aromatic heterocycles. The molecule has 0 aliphatic rings. The molecular weight excluding hydrogens is 234 g/mol. The first-order valence-electron chi connectivity index (χ1n) is 4.77. The Balaban J connectivity index is 2.32. The van der Waals surface area contributed by atoms with Crippen LogP contribution in [0, 0.1) is 0 Å². The van der Waals surface area contributed by atoms with Gasteiger partial charge in [-0.1, -0.05) is 6.07 Å². The molecule has 4 nitrogen and oxygen atoms in total. The van der Waals surface area contributed by atoms with Crippen molar-refractivity contribution < 1.29 is 13.2 Å². The van der Waals surface area contributed by atoms with Crippen molar-refractivity contribution in [2.75, 3.05) is 19.8 Å². The molecule has 0 radical (unpaired) electrons. The Morgan fingerprint density at radius 2 is 2.33 bits per heavy atom. The summed E-state index contributed by atoms with van der Waals surface area (Å²) in [6.45, 7) is 3.58. The maximum atomic E-state index is 11.6. The van der Waals surface area contributed by atoms with Gasteiger partial charge >= 0.3 is 0 Å². The van der Waals surface area contributed by atoms with Gasteiger partial charge in [-0.25, -0.2) is 13.1 Å². The van der Waals surface area contributed by atoms with Crippen LogP contribution < -0.4 is 4.72 Å². The Morgan fingerprint density at radius 3 is 2.93 bits per heavy atom. The minimum absolute atomic E-state index is 0.360. The molecule has 0 bridgehead atoms. The molecule has 0 saturated carbocycles. The van der Waals surface area contributed by atoms with Crippen molar-refractivity contribution in [1.29, 1.82) is 0 Å². The summed E-state index contributed by atoms with van der Waals surface area (Å²) >= 11 is 1.22. The number of ether oxygens (including phenoxy) is 1. The van der Waals surface area contributed by atoms with E-state index in [0.29, 0.717) is 30.4 Å².